The van der Waals surface area contributed by atoms with Crippen molar-refractivity contribution >= 4 is 5.91 Å². The fourth-order valence-electron chi connectivity index (χ4n) is 1.36. The van der Waals surface area contributed by atoms with Gasteiger partial charge >= 0.3 is 0 Å². The maximum Gasteiger partial charge on any atom is 0.253 e. The minimum atomic E-state index is -0.00913. The molecular formula is C11H12N4O. The Bertz CT molecular complexity index is 473. The van der Waals surface area contributed by atoms with Gasteiger partial charge in [-0.2, -0.15) is 5.10 Å². The summed E-state index contributed by atoms with van der Waals surface area (Å²) in [5, 5.41) is 4.01. The highest BCUT2D eigenvalue weighted by molar-refractivity contribution is 5.94. The second kappa shape index (κ2) is 4.14. The zero-order chi connectivity index (χ0) is 11.5. The number of carbonyl (C=O) groups is 1. The van der Waals surface area contributed by atoms with E-state index in [-0.39, 0.29) is 5.91 Å². The van der Waals surface area contributed by atoms with Crippen molar-refractivity contribution in [3.63, 3.8) is 0 Å². The second-order valence-electron chi connectivity index (χ2n) is 3.59. The third kappa shape index (κ3) is 1.93. The highest BCUT2D eigenvalue weighted by Gasteiger charge is 2.07. The van der Waals surface area contributed by atoms with Crippen LogP contribution in [0.5, 0.6) is 0 Å². The van der Waals surface area contributed by atoms with Crippen LogP contribution in [0, 0.1) is 0 Å². The topological polar surface area (TPSA) is 51.0 Å². The monoisotopic (exact) mass is 216 g/mol. The van der Waals surface area contributed by atoms with Gasteiger partial charge in [-0.15, -0.1) is 0 Å². The van der Waals surface area contributed by atoms with Crippen molar-refractivity contribution in [3.05, 3.63) is 42.5 Å². The van der Waals surface area contributed by atoms with Crippen LogP contribution >= 0.6 is 0 Å². The molecule has 0 atom stereocenters. The van der Waals surface area contributed by atoms with Gasteiger partial charge in [0.15, 0.2) is 0 Å². The molecule has 0 aliphatic rings. The first-order valence-corrected chi connectivity index (χ1v) is 4.85. The highest BCUT2D eigenvalue weighted by Crippen LogP contribution is 2.09. The van der Waals surface area contributed by atoms with E-state index in [2.05, 4.69) is 10.1 Å². The summed E-state index contributed by atoms with van der Waals surface area (Å²) in [6.45, 7) is 0. The lowest BCUT2D eigenvalue weighted by Crippen LogP contribution is -2.21. The van der Waals surface area contributed by atoms with Crippen LogP contribution < -0.4 is 0 Å². The van der Waals surface area contributed by atoms with Gasteiger partial charge in [-0.05, 0) is 24.3 Å². The number of nitrogens with zero attached hydrogens (tertiary/aromatic N) is 4. The van der Waals surface area contributed by atoms with Crippen molar-refractivity contribution in [2.45, 2.75) is 0 Å². The Morgan fingerprint density at radius 2 is 1.94 bits per heavy atom. The molecule has 0 spiro atoms. The lowest BCUT2D eigenvalue weighted by Gasteiger charge is -2.10. The van der Waals surface area contributed by atoms with Gasteiger partial charge in [-0.25, -0.2) is 9.67 Å². The van der Waals surface area contributed by atoms with Crippen LogP contribution in [0.15, 0.2) is 36.9 Å². The van der Waals surface area contributed by atoms with Gasteiger partial charge in [-0.1, -0.05) is 0 Å². The van der Waals surface area contributed by atoms with Crippen LogP contribution in [-0.2, 0) is 0 Å². The molecule has 0 aliphatic carbocycles. The van der Waals surface area contributed by atoms with Crippen LogP contribution in [0.25, 0.3) is 5.69 Å². The Labute approximate surface area is 93.3 Å². The SMILES string of the molecule is CN(C)C(=O)c1ccc(-n2cncn2)cc1. The molecule has 0 fully saturated rings. The van der Waals surface area contributed by atoms with Gasteiger partial charge in [0.2, 0.25) is 0 Å². The molecule has 0 bridgehead atoms. The average Bonchev–Trinajstić information content (AvgIpc) is 2.81. The Hall–Kier alpha value is -2.17. The number of carbonyl (C=O) groups excluding carboxylic acids is 1. The first-order valence-electron chi connectivity index (χ1n) is 4.85. The molecule has 5 nitrogen and oxygen atoms in total. The Balaban J connectivity index is 2.27. The largest absolute Gasteiger partial charge is 0.345 e. The minimum Gasteiger partial charge on any atom is -0.345 e. The van der Waals surface area contributed by atoms with Gasteiger partial charge in [-0.3, -0.25) is 4.79 Å². The number of hydrogen-bond donors (Lipinski definition) is 0. The minimum absolute atomic E-state index is 0.00913. The van der Waals surface area contributed by atoms with Crippen LogP contribution in [0.1, 0.15) is 10.4 Å². The first-order chi connectivity index (χ1) is 7.68. The summed E-state index contributed by atoms with van der Waals surface area (Å²) in [7, 11) is 3.46. The van der Waals surface area contributed by atoms with Crippen molar-refractivity contribution in [3.8, 4) is 5.69 Å². The van der Waals surface area contributed by atoms with Gasteiger partial charge < -0.3 is 4.90 Å². The lowest BCUT2D eigenvalue weighted by atomic mass is 10.2. The van der Waals surface area contributed by atoms with Gasteiger partial charge in [0, 0.05) is 19.7 Å². The summed E-state index contributed by atoms with van der Waals surface area (Å²) in [4.78, 5) is 17.0. The van der Waals surface area contributed by atoms with Gasteiger partial charge in [0.25, 0.3) is 5.91 Å². The van der Waals surface area contributed by atoms with E-state index in [1.807, 2.05) is 12.1 Å². The van der Waals surface area contributed by atoms with E-state index in [0.29, 0.717) is 5.56 Å². The molecule has 0 unspecified atom stereocenters. The van der Waals surface area contributed by atoms with Crippen molar-refractivity contribution in [1.29, 1.82) is 0 Å². The standard InChI is InChI=1S/C11H12N4O/c1-14(2)11(16)9-3-5-10(6-4-9)15-8-12-7-13-15/h3-8H,1-2H3. The Morgan fingerprint density at radius 1 is 1.25 bits per heavy atom. The van der Waals surface area contributed by atoms with Crippen molar-refractivity contribution in [2.24, 2.45) is 0 Å². The molecule has 0 radical (unpaired) electrons. The van der Waals surface area contributed by atoms with E-state index >= 15 is 0 Å². The van der Waals surface area contributed by atoms with E-state index in [1.54, 1.807) is 42.1 Å². The highest BCUT2D eigenvalue weighted by atomic mass is 16.2. The summed E-state index contributed by atoms with van der Waals surface area (Å²) in [6.07, 6.45) is 3.08. The number of benzene rings is 1. The first kappa shape index (κ1) is 10.4. The van der Waals surface area contributed by atoms with Crippen LogP contribution in [0.2, 0.25) is 0 Å². The van der Waals surface area contributed by atoms with Crippen molar-refractivity contribution < 1.29 is 4.79 Å². The molecule has 1 heterocycles. The maximum absolute atomic E-state index is 11.6. The third-order valence-electron chi connectivity index (χ3n) is 2.20. The number of hydrogen-bond acceptors (Lipinski definition) is 3. The Kier molecular flexibility index (Phi) is 2.68. The molecule has 0 N–H and O–H groups in total. The molecule has 16 heavy (non-hydrogen) atoms. The Morgan fingerprint density at radius 3 is 2.44 bits per heavy atom. The summed E-state index contributed by atoms with van der Waals surface area (Å²) >= 11 is 0. The van der Waals surface area contributed by atoms with Gasteiger partial charge in [0.1, 0.15) is 12.7 Å². The normalized spacial score (nSPS) is 10.1. The quantitative estimate of drug-likeness (QED) is 0.751. The number of rotatable bonds is 2. The van der Waals surface area contributed by atoms with Crippen LogP contribution in [0.3, 0.4) is 0 Å². The predicted molar refractivity (Wildman–Crippen MR) is 59.4 cm³/mol. The zero-order valence-electron chi connectivity index (χ0n) is 9.16. The van der Waals surface area contributed by atoms with E-state index in [4.69, 9.17) is 0 Å². The molecule has 82 valence electrons. The molecule has 1 aromatic heterocycles. The van der Waals surface area contributed by atoms with E-state index in [1.165, 1.54) is 6.33 Å². The van der Waals surface area contributed by atoms with Gasteiger partial charge in [0.05, 0.1) is 5.69 Å². The molecule has 1 amide bonds. The molecule has 5 heteroatoms. The van der Waals surface area contributed by atoms with E-state index < -0.39 is 0 Å². The van der Waals surface area contributed by atoms with E-state index in [0.717, 1.165) is 5.69 Å². The molecule has 2 rings (SSSR count). The molecule has 0 saturated carbocycles. The molecular weight excluding hydrogens is 204 g/mol. The molecule has 0 aliphatic heterocycles. The summed E-state index contributed by atoms with van der Waals surface area (Å²) < 4.78 is 1.64. The van der Waals surface area contributed by atoms with Crippen molar-refractivity contribution in [1.82, 2.24) is 19.7 Å². The van der Waals surface area contributed by atoms with E-state index in [9.17, 15) is 4.79 Å². The summed E-state index contributed by atoms with van der Waals surface area (Å²) in [6, 6.07) is 7.23. The molecule has 0 saturated heterocycles. The average molecular weight is 216 g/mol. The predicted octanol–water partition coefficient (Wildman–Crippen LogP) is 0.969. The van der Waals surface area contributed by atoms with Crippen LogP contribution in [0.4, 0.5) is 0 Å². The molecule has 2 aromatic rings. The number of amides is 1. The summed E-state index contributed by atoms with van der Waals surface area (Å²) in [5.74, 6) is -0.00913. The maximum atomic E-state index is 11.6. The number of aromatic nitrogens is 3. The third-order valence-corrected chi connectivity index (χ3v) is 2.20. The zero-order valence-corrected chi connectivity index (χ0v) is 9.16. The van der Waals surface area contributed by atoms with Crippen LogP contribution in [-0.4, -0.2) is 39.7 Å². The van der Waals surface area contributed by atoms with Crippen molar-refractivity contribution in [2.75, 3.05) is 14.1 Å². The lowest BCUT2D eigenvalue weighted by molar-refractivity contribution is 0.0827. The summed E-state index contributed by atoms with van der Waals surface area (Å²) in [5.41, 5.74) is 1.54. The fourth-order valence-corrected chi connectivity index (χ4v) is 1.36. The molecule has 1 aromatic carbocycles. The smallest absolute Gasteiger partial charge is 0.253 e. The second-order valence-corrected chi connectivity index (χ2v) is 3.59. The fraction of sp³-hybridized carbons (Fsp3) is 0.182.